The molecular weight excluding hydrogens is 180 g/mol. The van der Waals surface area contributed by atoms with Crippen LogP contribution in [-0.4, -0.2) is 5.78 Å². The van der Waals surface area contributed by atoms with E-state index in [1.54, 1.807) is 0 Å². The highest BCUT2D eigenvalue weighted by Crippen LogP contribution is 2.12. The number of hydrogen-bond donors (Lipinski definition) is 0. The second-order valence-electron chi connectivity index (χ2n) is 2.45. The summed E-state index contributed by atoms with van der Waals surface area (Å²) in [6.07, 6.45) is 6.51. The molecule has 0 spiro atoms. The third-order valence-electron chi connectivity index (χ3n) is 1.66. The van der Waals surface area contributed by atoms with Gasteiger partial charge in [0, 0.05) is 12.8 Å². The minimum atomic E-state index is 0. The highest BCUT2D eigenvalue weighted by molar-refractivity contribution is 8.93. The Balaban J connectivity index is 0.000000640. The van der Waals surface area contributed by atoms with Crippen molar-refractivity contribution in [1.82, 2.24) is 0 Å². The number of Topliss-reactive ketones (excluding diaryl/α,β-unsaturated/α-hetero) is 1. The van der Waals surface area contributed by atoms with Crippen molar-refractivity contribution in [2.75, 3.05) is 0 Å². The van der Waals surface area contributed by atoms with E-state index in [9.17, 15) is 4.79 Å². The maximum atomic E-state index is 10.7. The van der Waals surface area contributed by atoms with E-state index < -0.39 is 0 Å². The number of carbonyl (C=O) groups excluding carboxylic acids is 1. The van der Waals surface area contributed by atoms with Crippen molar-refractivity contribution >= 4 is 22.8 Å². The van der Waals surface area contributed by atoms with Gasteiger partial charge in [-0.25, -0.2) is 0 Å². The largest absolute Gasteiger partial charge is 0.300 e. The van der Waals surface area contributed by atoms with Crippen LogP contribution in [0.2, 0.25) is 0 Å². The van der Waals surface area contributed by atoms with Crippen LogP contribution in [0.15, 0.2) is 0 Å². The normalized spacial score (nSPS) is 20.2. The molecule has 9 heavy (non-hydrogen) atoms. The summed E-state index contributed by atoms with van der Waals surface area (Å²) in [6, 6.07) is 0. The molecule has 1 aliphatic rings. The first-order chi connectivity index (χ1) is 3.89. The standard InChI is InChI=1S/C7H12O.BrH/c8-7-5-3-1-2-4-6-7;/h1-6H2;1H. The summed E-state index contributed by atoms with van der Waals surface area (Å²) in [5, 5.41) is 0. The zero-order valence-corrected chi connectivity index (χ0v) is 7.27. The Kier molecular flexibility index (Phi) is 5.06. The predicted molar refractivity (Wildman–Crippen MR) is 43.0 cm³/mol. The van der Waals surface area contributed by atoms with E-state index in [1.807, 2.05) is 0 Å². The lowest BCUT2D eigenvalue weighted by molar-refractivity contribution is -0.118. The van der Waals surface area contributed by atoms with Gasteiger partial charge in [0.15, 0.2) is 0 Å². The van der Waals surface area contributed by atoms with Gasteiger partial charge in [0.05, 0.1) is 0 Å². The summed E-state index contributed by atoms with van der Waals surface area (Å²) in [6.45, 7) is 0. The van der Waals surface area contributed by atoms with E-state index >= 15 is 0 Å². The second kappa shape index (κ2) is 4.98. The number of ketones is 1. The van der Waals surface area contributed by atoms with Crippen molar-refractivity contribution in [3.05, 3.63) is 0 Å². The van der Waals surface area contributed by atoms with Crippen molar-refractivity contribution in [1.29, 1.82) is 0 Å². The van der Waals surface area contributed by atoms with E-state index in [0.29, 0.717) is 5.78 Å². The molecule has 2 heteroatoms. The molecule has 0 aromatic carbocycles. The molecule has 0 bridgehead atoms. The molecule has 0 aromatic heterocycles. The molecule has 54 valence electrons. The van der Waals surface area contributed by atoms with E-state index in [1.165, 1.54) is 12.8 Å². The first kappa shape index (κ1) is 9.15. The average molecular weight is 193 g/mol. The SMILES string of the molecule is Br.O=C1CCCCCC1. The molecule has 0 heterocycles. The lowest BCUT2D eigenvalue weighted by Crippen LogP contribution is -1.91. The van der Waals surface area contributed by atoms with Crippen LogP contribution in [-0.2, 0) is 4.79 Å². The van der Waals surface area contributed by atoms with Gasteiger partial charge in [-0.2, -0.15) is 0 Å². The van der Waals surface area contributed by atoms with Gasteiger partial charge < -0.3 is 0 Å². The van der Waals surface area contributed by atoms with Gasteiger partial charge in [0.1, 0.15) is 5.78 Å². The van der Waals surface area contributed by atoms with E-state index in [0.717, 1.165) is 25.7 Å². The fraction of sp³-hybridized carbons (Fsp3) is 0.857. The fourth-order valence-electron chi connectivity index (χ4n) is 1.12. The minimum Gasteiger partial charge on any atom is -0.300 e. The van der Waals surface area contributed by atoms with Crippen molar-refractivity contribution in [2.24, 2.45) is 0 Å². The van der Waals surface area contributed by atoms with Gasteiger partial charge in [0.25, 0.3) is 0 Å². The molecule has 1 saturated carbocycles. The van der Waals surface area contributed by atoms with Crippen LogP contribution < -0.4 is 0 Å². The van der Waals surface area contributed by atoms with E-state index in [2.05, 4.69) is 0 Å². The Hall–Kier alpha value is 0.150. The summed E-state index contributed by atoms with van der Waals surface area (Å²) in [4.78, 5) is 10.7. The third kappa shape index (κ3) is 3.68. The summed E-state index contributed by atoms with van der Waals surface area (Å²) < 4.78 is 0. The molecule has 1 nitrogen and oxygen atoms in total. The predicted octanol–water partition coefficient (Wildman–Crippen LogP) is 2.49. The summed E-state index contributed by atoms with van der Waals surface area (Å²) >= 11 is 0. The quantitative estimate of drug-likeness (QED) is 0.540. The smallest absolute Gasteiger partial charge is 0.132 e. The molecule has 0 saturated heterocycles. The third-order valence-corrected chi connectivity index (χ3v) is 1.66. The van der Waals surface area contributed by atoms with Crippen molar-refractivity contribution < 1.29 is 4.79 Å². The van der Waals surface area contributed by atoms with Crippen LogP contribution >= 0.6 is 17.0 Å². The van der Waals surface area contributed by atoms with Gasteiger partial charge >= 0.3 is 0 Å². The summed E-state index contributed by atoms with van der Waals surface area (Å²) in [5.41, 5.74) is 0. The Morgan fingerprint density at radius 2 is 1.33 bits per heavy atom. The minimum absolute atomic E-state index is 0. The average Bonchev–Trinajstić information content (AvgIpc) is 1.94. The zero-order chi connectivity index (χ0) is 5.82. The lowest BCUT2D eigenvalue weighted by atomic mass is 10.2. The molecule has 1 rings (SSSR count). The van der Waals surface area contributed by atoms with Gasteiger partial charge in [-0.05, 0) is 12.8 Å². The van der Waals surface area contributed by atoms with Crippen LogP contribution in [0.3, 0.4) is 0 Å². The van der Waals surface area contributed by atoms with Gasteiger partial charge in [-0.1, -0.05) is 12.8 Å². The fourth-order valence-corrected chi connectivity index (χ4v) is 1.12. The number of rotatable bonds is 0. The Labute approximate surface area is 66.6 Å². The lowest BCUT2D eigenvalue weighted by Gasteiger charge is -1.87. The molecule has 0 amide bonds. The molecule has 0 aromatic rings. The maximum Gasteiger partial charge on any atom is 0.132 e. The summed E-state index contributed by atoms with van der Waals surface area (Å²) in [5.74, 6) is 0.475. The highest BCUT2D eigenvalue weighted by Gasteiger charge is 2.04. The van der Waals surface area contributed by atoms with Crippen LogP contribution in [0.4, 0.5) is 0 Å². The molecule has 0 N–H and O–H groups in total. The molecule has 0 unspecified atom stereocenters. The van der Waals surface area contributed by atoms with Crippen LogP contribution in [0.25, 0.3) is 0 Å². The molecule has 1 aliphatic carbocycles. The topological polar surface area (TPSA) is 17.1 Å². The number of carbonyl (C=O) groups is 1. The zero-order valence-electron chi connectivity index (χ0n) is 5.56. The van der Waals surface area contributed by atoms with Gasteiger partial charge in [0.2, 0.25) is 0 Å². The maximum absolute atomic E-state index is 10.7. The number of hydrogen-bond acceptors (Lipinski definition) is 1. The first-order valence-corrected chi connectivity index (χ1v) is 3.41. The Morgan fingerprint density at radius 1 is 0.889 bits per heavy atom. The van der Waals surface area contributed by atoms with E-state index in [-0.39, 0.29) is 17.0 Å². The Morgan fingerprint density at radius 3 is 1.78 bits per heavy atom. The van der Waals surface area contributed by atoms with Crippen LogP contribution in [0, 0.1) is 0 Å². The van der Waals surface area contributed by atoms with Crippen molar-refractivity contribution in [3.63, 3.8) is 0 Å². The molecular formula is C7H13BrO. The van der Waals surface area contributed by atoms with Gasteiger partial charge in [-0.15, -0.1) is 17.0 Å². The summed E-state index contributed by atoms with van der Waals surface area (Å²) in [7, 11) is 0. The molecule has 0 aliphatic heterocycles. The van der Waals surface area contributed by atoms with Gasteiger partial charge in [-0.3, -0.25) is 4.79 Å². The highest BCUT2D eigenvalue weighted by atomic mass is 79.9. The number of halogens is 1. The first-order valence-electron chi connectivity index (χ1n) is 3.41. The Bertz CT molecular complexity index is 80.9. The van der Waals surface area contributed by atoms with Crippen molar-refractivity contribution in [2.45, 2.75) is 38.5 Å². The molecule has 0 atom stereocenters. The van der Waals surface area contributed by atoms with E-state index in [4.69, 9.17) is 0 Å². The molecule has 1 fully saturated rings. The van der Waals surface area contributed by atoms with Crippen LogP contribution in [0.1, 0.15) is 38.5 Å². The second-order valence-corrected chi connectivity index (χ2v) is 2.45. The monoisotopic (exact) mass is 192 g/mol. The molecule has 0 radical (unpaired) electrons. The van der Waals surface area contributed by atoms with Crippen molar-refractivity contribution in [3.8, 4) is 0 Å². The van der Waals surface area contributed by atoms with Crippen LogP contribution in [0.5, 0.6) is 0 Å².